The van der Waals surface area contributed by atoms with E-state index >= 15 is 0 Å². The van der Waals surface area contributed by atoms with E-state index in [4.69, 9.17) is 4.74 Å². The smallest absolute Gasteiger partial charge is 0.410 e. The molecule has 0 unspecified atom stereocenters. The van der Waals surface area contributed by atoms with Gasteiger partial charge in [0.05, 0.1) is 23.5 Å². The van der Waals surface area contributed by atoms with Crippen LogP contribution in [-0.4, -0.2) is 64.6 Å². The standard InChI is InChI=1S/C15H16N4O3/c20-13(9-18-5-6-22-15(18)21)19-7-10(8-19)14-16-11-3-1-2-4-12(11)17-14/h1-4,10H,5-9H2,(H,16,17). The van der Waals surface area contributed by atoms with Crippen molar-refractivity contribution >= 4 is 23.0 Å². The van der Waals surface area contributed by atoms with Crippen LogP contribution in [0, 0.1) is 0 Å². The van der Waals surface area contributed by atoms with Gasteiger partial charge < -0.3 is 14.6 Å². The fourth-order valence-electron chi connectivity index (χ4n) is 2.85. The molecule has 2 aliphatic rings. The summed E-state index contributed by atoms with van der Waals surface area (Å²) in [6, 6.07) is 7.89. The molecule has 7 nitrogen and oxygen atoms in total. The summed E-state index contributed by atoms with van der Waals surface area (Å²) >= 11 is 0. The van der Waals surface area contributed by atoms with E-state index in [1.807, 2.05) is 24.3 Å². The fourth-order valence-corrected chi connectivity index (χ4v) is 2.85. The monoisotopic (exact) mass is 300 g/mol. The minimum Gasteiger partial charge on any atom is -0.448 e. The summed E-state index contributed by atoms with van der Waals surface area (Å²) in [5, 5.41) is 0. The van der Waals surface area contributed by atoms with Crippen molar-refractivity contribution in [1.29, 1.82) is 0 Å². The van der Waals surface area contributed by atoms with Crippen LogP contribution in [0.1, 0.15) is 11.7 Å². The predicted octanol–water partition coefficient (Wildman–Crippen LogP) is 0.941. The Morgan fingerprint density at radius 2 is 2.18 bits per heavy atom. The first kappa shape index (κ1) is 13.1. The second kappa shape index (κ2) is 5.01. The number of cyclic esters (lactones) is 1. The molecular weight excluding hydrogens is 284 g/mol. The van der Waals surface area contributed by atoms with Gasteiger partial charge in [0.15, 0.2) is 0 Å². The summed E-state index contributed by atoms with van der Waals surface area (Å²) in [4.78, 5) is 34.5. The van der Waals surface area contributed by atoms with Gasteiger partial charge in [-0.25, -0.2) is 9.78 Å². The third-order valence-corrected chi connectivity index (χ3v) is 4.20. The first-order chi connectivity index (χ1) is 10.7. The van der Waals surface area contributed by atoms with Crippen molar-refractivity contribution < 1.29 is 14.3 Å². The molecule has 1 aromatic heterocycles. The van der Waals surface area contributed by atoms with Crippen molar-refractivity contribution in [2.24, 2.45) is 0 Å². The lowest BCUT2D eigenvalue weighted by Crippen LogP contribution is -2.52. The van der Waals surface area contributed by atoms with E-state index in [0.29, 0.717) is 26.2 Å². The lowest BCUT2D eigenvalue weighted by atomic mass is 9.99. The number of nitrogens with one attached hydrogen (secondary N) is 1. The summed E-state index contributed by atoms with van der Waals surface area (Å²) < 4.78 is 4.82. The summed E-state index contributed by atoms with van der Waals surface area (Å²) in [6.07, 6.45) is -0.400. The number of para-hydroxylation sites is 2. The largest absolute Gasteiger partial charge is 0.448 e. The molecule has 1 aromatic carbocycles. The topological polar surface area (TPSA) is 78.5 Å². The van der Waals surface area contributed by atoms with E-state index in [1.54, 1.807) is 4.90 Å². The average Bonchev–Trinajstić information content (AvgIpc) is 3.04. The van der Waals surface area contributed by atoms with E-state index in [0.717, 1.165) is 16.9 Å². The second-order valence-corrected chi connectivity index (χ2v) is 5.67. The molecule has 2 aromatic rings. The minimum atomic E-state index is -0.400. The van der Waals surface area contributed by atoms with Gasteiger partial charge in [-0.2, -0.15) is 0 Å². The third-order valence-electron chi connectivity index (χ3n) is 4.20. The molecule has 0 aliphatic carbocycles. The number of benzene rings is 1. The number of likely N-dealkylation sites (tertiary alicyclic amines) is 1. The van der Waals surface area contributed by atoms with Gasteiger partial charge in [-0.05, 0) is 12.1 Å². The molecule has 3 heterocycles. The Morgan fingerprint density at radius 1 is 1.36 bits per heavy atom. The van der Waals surface area contributed by atoms with Crippen LogP contribution >= 0.6 is 0 Å². The molecule has 0 atom stereocenters. The Labute approximate surface area is 126 Å². The molecule has 0 bridgehead atoms. The van der Waals surface area contributed by atoms with Crippen LogP contribution in [0.25, 0.3) is 11.0 Å². The van der Waals surface area contributed by atoms with Crippen molar-refractivity contribution in [2.45, 2.75) is 5.92 Å². The van der Waals surface area contributed by atoms with Crippen molar-refractivity contribution in [3.8, 4) is 0 Å². The van der Waals surface area contributed by atoms with E-state index in [1.165, 1.54) is 4.90 Å². The first-order valence-electron chi connectivity index (χ1n) is 7.35. The fraction of sp³-hybridized carbons (Fsp3) is 0.400. The van der Waals surface area contributed by atoms with Crippen LogP contribution in [-0.2, 0) is 9.53 Å². The van der Waals surface area contributed by atoms with Gasteiger partial charge in [-0.15, -0.1) is 0 Å². The number of nitrogens with zero attached hydrogens (tertiary/aromatic N) is 3. The molecule has 4 rings (SSSR count). The number of ether oxygens (including phenoxy) is 1. The quantitative estimate of drug-likeness (QED) is 0.915. The van der Waals surface area contributed by atoms with Crippen LogP contribution in [0.3, 0.4) is 0 Å². The van der Waals surface area contributed by atoms with E-state index in [2.05, 4.69) is 9.97 Å². The van der Waals surface area contributed by atoms with E-state index in [9.17, 15) is 9.59 Å². The van der Waals surface area contributed by atoms with Gasteiger partial charge >= 0.3 is 6.09 Å². The molecule has 22 heavy (non-hydrogen) atoms. The number of H-pyrrole nitrogens is 1. The number of imidazole rings is 1. The highest BCUT2D eigenvalue weighted by Crippen LogP contribution is 2.27. The first-order valence-corrected chi connectivity index (χ1v) is 7.35. The molecule has 2 fully saturated rings. The molecule has 0 radical (unpaired) electrons. The molecule has 2 saturated heterocycles. The van der Waals surface area contributed by atoms with Gasteiger partial charge in [-0.3, -0.25) is 9.69 Å². The highest BCUT2D eigenvalue weighted by Gasteiger charge is 2.35. The number of aromatic nitrogens is 2. The van der Waals surface area contributed by atoms with Gasteiger partial charge in [-0.1, -0.05) is 12.1 Å². The Hall–Kier alpha value is -2.57. The van der Waals surface area contributed by atoms with Crippen molar-refractivity contribution in [3.63, 3.8) is 0 Å². The highest BCUT2D eigenvalue weighted by atomic mass is 16.6. The Bertz CT molecular complexity index is 702. The van der Waals surface area contributed by atoms with Crippen LogP contribution < -0.4 is 0 Å². The Morgan fingerprint density at radius 3 is 2.91 bits per heavy atom. The maximum Gasteiger partial charge on any atom is 0.410 e. The van der Waals surface area contributed by atoms with Gasteiger partial charge in [0.1, 0.15) is 19.0 Å². The van der Waals surface area contributed by atoms with E-state index in [-0.39, 0.29) is 18.4 Å². The molecule has 7 heteroatoms. The maximum atomic E-state index is 12.1. The second-order valence-electron chi connectivity index (χ2n) is 5.67. The molecule has 2 aliphatic heterocycles. The van der Waals surface area contributed by atoms with Crippen molar-refractivity contribution in [3.05, 3.63) is 30.1 Å². The molecule has 0 spiro atoms. The lowest BCUT2D eigenvalue weighted by molar-refractivity contribution is -0.136. The maximum absolute atomic E-state index is 12.1. The minimum absolute atomic E-state index is 0.0359. The number of rotatable bonds is 3. The number of hydrogen-bond acceptors (Lipinski definition) is 4. The van der Waals surface area contributed by atoms with Crippen LogP contribution in [0.4, 0.5) is 4.79 Å². The lowest BCUT2D eigenvalue weighted by Gasteiger charge is -2.38. The van der Waals surface area contributed by atoms with Crippen LogP contribution in [0.5, 0.6) is 0 Å². The predicted molar refractivity (Wildman–Crippen MR) is 78.3 cm³/mol. The molecule has 114 valence electrons. The number of fused-ring (bicyclic) bond motifs is 1. The van der Waals surface area contributed by atoms with Crippen molar-refractivity contribution in [1.82, 2.24) is 19.8 Å². The molecule has 1 N–H and O–H groups in total. The Balaban J connectivity index is 1.37. The molecular formula is C15H16N4O3. The average molecular weight is 300 g/mol. The zero-order valence-electron chi connectivity index (χ0n) is 12.0. The molecule has 2 amide bonds. The van der Waals surface area contributed by atoms with Crippen LogP contribution in [0.15, 0.2) is 24.3 Å². The summed E-state index contributed by atoms with van der Waals surface area (Å²) in [5.41, 5.74) is 1.96. The summed E-state index contributed by atoms with van der Waals surface area (Å²) in [5.74, 6) is 1.12. The third kappa shape index (κ3) is 2.18. The van der Waals surface area contributed by atoms with Gasteiger partial charge in [0.2, 0.25) is 5.91 Å². The number of carbonyl (C=O) groups excluding carboxylic acids is 2. The number of aromatic amines is 1. The highest BCUT2D eigenvalue weighted by molar-refractivity contribution is 5.83. The number of carbonyl (C=O) groups is 2. The number of amides is 2. The van der Waals surface area contributed by atoms with Gasteiger partial charge in [0, 0.05) is 13.1 Å². The molecule has 0 saturated carbocycles. The SMILES string of the molecule is O=C(CN1CCOC1=O)N1CC(c2nc3ccccc3[nH]2)C1. The van der Waals surface area contributed by atoms with Crippen molar-refractivity contribution in [2.75, 3.05) is 32.8 Å². The Kier molecular flexibility index (Phi) is 2.99. The van der Waals surface area contributed by atoms with Gasteiger partial charge in [0.25, 0.3) is 0 Å². The zero-order chi connectivity index (χ0) is 15.1. The number of hydrogen-bond donors (Lipinski definition) is 1. The normalized spacial score (nSPS) is 18.6. The summed E-state index contributed by atoms with van der Waals surface area (Å²) in [7, 11) is 0. The van der Waals surface area contributed by atoms with E-state index < -0.39 is 6.09 Å². The zero-order valence-corrected chi connectivity index (χ0v) is 12.0. The summed E-state index contributed by atoms with van der Waals surface area (Å²) in [6.45, 7) is 2.24. The van der Waals surface area contributed by atoms with Crippen LogP contribution in [0.2, 0.25) is 0 Å².